The van der Waals surface area contributed by atoms with E-state index in [9.17, 15) is 5.11 Å². The molecular weight excluding hydrogens is 206 g/mol. The molecule has 1 heterocycles. The Balaban J connectivity index is 2.93. The van der Waals surface area contributed by atoms with Crippen molar-refractivity contribution in [1.82, 2.24) is 4.98 Å². The Morgan fingerprint density at radius 1 is 1.73 bits per heavy atom. The molecule has 2 nitrogen and oxygen atoms in total. The van der Waals surface area contributed by atoms with E-state index in [-0.39, 0.29) is 0 Å². The molecule has 1 N–H and O–H groups in total. The number of aryl methyl sites for hydroxylation is 1. The van der Waals surface area contributed by atoms with Crippen LogP contribution in [0.1, 0.15) is 17.2 Å². The predicted molar refractivity (Wildman–Crippen MR) is 47.7 cm³/mol. The number of aromatic nitrogens is 1. The Morgan fingerprint density at radius 3 is 3.00 bits per heavy atom. The highest BCUT2D eigenvalue weighted by Gasteiger charge is 2.07. The molecule has 1 unspecified atom stereocenters. The van der Waals surface area contributed by atoms with Gasteiger partial charge in [-0.3, -0.25) is 4.98 Å². The van der Waals surface area contributed by atoms with Crippen LogP contribution in [-0.4, -0.2) is 15.4 Å². The van der Waals surface area contributed by atoms with Crippen LogP contribution in [-0.2, 0) is 0 Å². The third-order valence-electron chi connectivity index (χ3n) is 1.58. The van der Waals surface area contributed by atoms with Gasteiger partial charge in [-0.05, 0) is 18.6 Å². The van der Waals surface area contributed by atoms with Gasteiger partial charge in [0.05, 0.1) is 6.10 Å². The van der Waals surface area contributed by atoms with Gasteiger partial charge in [-0.1, -0.05) is 15.9 Å². The highest BCUT2D eigenvalue weighted by Crippen LogP contribution is 2.17. The van der Waals surface area contributed by atoms with Gasteiger partial charge in [0.1, 0.15) is 0 Å². The van der Waals surface area contributed by atoms with Crippen molar-refractivity contribution >= 4 is 15.9 Å². The number of hydrogen-bond acceptors (Lipinski definition) is 2. The van der Waals surface area contributed by atoms with Gasteiger partial charge in [0, 0.05) is 23.3 Å². The lowest BCUT2D eigenvalue weighted by Gasteiger charge is -2.08. The van der Waals surface area contributed by atoms with Gasteiger partial charge in [-0.2, -0.15) is 0 Å². The fraction of sp³-hybridized carbons (Fsp3) is 0.375. The molecule has 3 heteroatoms. The summed E-state index contributed by atoms with van der Waals surface area (Å²) in [5, 5.41) is 9.98. The second-order valence-electron chi connectivity index (χ2n) is 2.40. The Morgan fingerprint density at radius 2 is 2.45 bits per heavy atom. The molecule has 1 atom stereocenters. The van der Waals surface area contributed by atoms with Crippen LogP contribution in [0, 0.1) is 6.92 Å². The smallest absolute Gasteiger partial charge is 0.0904 e. The van der Waals surface area contributed by atoms with E-state index >= 15 is 0 Å². The second-order valence-corrected chi connectivity index (χ2v) is 3.05. The van der Waals surface area contributed by atoms with E-state index in [0.717, 1.165) is 11.1 Å². The lowest BCUT2D eigenvalue weighted by atomic mass is 10.1. The van der Waals surface area contributed by atoms with Crippen LogP contribution in [0.15, 0.2) is 18.5 Å². The van der Waals surface area contributed by atoms with Crippen molar-refractivity contribution in [1.29, 1.82) is 0 Å². The fourth-order valence-corrected chi connectivity index (χ4v) is 1.26. The predicted octanol–water partition coefficient (Wildman–Crippen LogP) is 1.82. The standard InChI is InChI=1S/C8H10BrNO/c1-6-2-3-10-5-7(6)8(11)4-9/h2-3,5,8,11H,4H2,1H3. The average Bonchev–Trinajstić information content (AvgIpc) is 2.04. The van der Waals surface area contributed by atoms with Crippen molar-refractivity contribution in [3.05, 3.63) is 29.6 Å². The highest BCUT2D eigenvalue weighted by molar-refractivity contribution is 9.09. The number of aliphatic hydroxyl groups is 1. The summed E-state index contributed by atoms with van der Waals surface area (Å²) in [7, 11) is 0. The van der Waals surface area contributed by atoms with E-state index < -0.39 is 6.10 Å². The van der Waals surface area contributed by atoms with Crippen LogP contribution in [0.4, 0.5) is 0 Å². The van der Waals surface area contributed by atoms with Gasteiger partial charge in [-0.25, -0.2) is 0 Å². The van der Waals surface area contributed by atoms with Crippen molar-refractivity contribution in [2.75, 3.05) is 5.33 Å². The molecule has 11 heavy (non-hydrogen) atoms. The molecular formula is C8H10BrNO. The molecule has 60 valence electrons. The van der Waals surface area contributed by atoms with E-state index in [2.05, 4.69) is 20.9 Å². The molecule has 0 fully saturated rings. The molecule has 0 aliphatic rings. The largest absolute Gasteiger partial charge is 0.387 e. The van der Waals surface area contributed by atoms with Gasteiger partial charge in [0.2, 0.25) is 0 Å². The van der Waals surface area contributed by atoms with Gasteiger partial charge < -0.3 is 5.11 Å². The summed E-state index contributed by atoms with van der Waals surface area (Å²) >= 11 is 3.21. The van der Waals surface area contributed by atoms with Gasteiger partial charge in [-0.15, -0.1) is 0 Å². The summed E-state index contributed by atoms with van der Waals surface area (Å²) in [5.74, 6) is 0. The minimum Gasteiger partial charge on any atom is -0.387 e. The summed E-state index contributed by atoms with van der Waals surface area (Å²) in [4.78, 5) is 3.93. The normalized spacial score (nSPS) is 13.0. The second kappa shape index (κ2) is 3.83. The molecule has 1 aromatic rings. The number of aliphatic hydroxyl groups excluding tert-OH is 1. The lowest BCUT2D eigenvalue weighted by molar-refractivity contribution is 0.204. The Labute approximate surface area is 74.4 Å². The van der Waals surface area contributed by atoms with Crippen molar-refractivity contribution in [3.63, 3.8) is 0 Å². The topological polar surface area (TPSA) is 33.1 Å². The molecule has 0 saturated heterocycles. The average molecular weight is 216 g/mol. The molecule has 0 bridgehead atoms. The van der Waals surface area contributed by atoms with Crippen LogP contribution >= 0.6 is 15.9 Å². The van der Waals surface area contributed by atoms with E-state index in [4.69, 9.17) is 0 Å². The Kier molecular flexibility index (Phi) is 3.02. The molecule has 1 rings (SSSR count). The molecule has 0 saturated carbocycles. The van der Waals surface area contributed by atoms with Crippen molar-refractivity contribution in [3.8, 4) is 0 Å². The number of pyridine rings is 1. The maximum absolute atomic E-state index is 9.42. The van der Waals surface area contributed by atoms with Gasteiger partial charge >= 0.3 is 0 Å². The van der Waals surface area contributed by atoms with Gasteiger partial charge in [0.15, 0.2) is 0 Å². The highest BCUT2D eigenvalue weighted by atomic mass is 79.9. The maximum atomic E-state index is 9.42. The van der Waals surface area contributed by atoms with E-state index in [1.54, 1.807) is 12.4 Å². The van der Waals surface area contributed by atoms with E-state index in [1.807, 2.05) is 13.0 Å². The number of alkyl halides is 1. The molecule has 0 radical (unpaired) electrons. The van der Waals surface area contributed by atoms with Crippen molar-refractivity contribution < 1.29 is 5.11 Å². The molecule has 0 aliphatic heterocycles. The molecule has 0 aromatic carbocycles. The molecule has 0 aliphatic carbocycles. The minimum absolute atomic E-state index is 0.441. The first-order chi connectivity index (χ1) is 5.25. The number of hydrogen-bond donors (Lipinski definition) is 1. The van der Waals surface area contributed by atoms with Crippen LogP contribution in [0.25, 0.3) is 0 Å². The summed E-state index contributed by atoms with van der Waals surface area (Å²) in [5.41, 5.74) is 1.97. The first-order valence-corrected chi connectivity index (χ1v) is 4.52. The zero-order valence-corrected chi connectivity index (χ0v) is 7.87. The third kappa shape index (κ3) is 2.01. The van der Waals surface area contributed by atoms with Crippen LogP contribution < -0.4 is 0 Å². The number of nitrogens with zero attached hydrogens (tertiary/aromatic N) is 1. The number of rotatable bonds is 2. The van der Waals surface area contributed by atoms with Crippen molar-refractivity contribution in [2.45, 2.75) is 13.0 Å². The summed E-state index contributed by atoms with van der Waals surface area (Å²) in [6.07, 6.45) is 2.98. The summed E-state index contributed by atoms with van der Waals surface area (Å²) < 4.78 is 0. The zero-order valence-electron chi connectivity index (χ0n) is 6.29. The minimum atomic E-state index is -0.441. The van der Waals surface area contributed by atoms with Crippen LogP contribution in [0.3, 0.4) is 0 Å². The number of halogens is 1. The maximum Gasteiger partial charge on any atom is 0.0904 e. The third-order valence-corrected chi connectivity index (χ3v) is 2.20. The first-order valence-electron chi connectivity index (χ1n) is 3.40. The molecule has 0 amide bonds. The van der Waals surface area contributed by atoms with E-state index in [1.165, 1.54) is 0 Å². The molecule has 1 aromatic heterocycles. The fourth-order valence-electron chi connectivity index (χ4n) is 0.908. The van der Waals surface area contributed by atoms with Gasteiger partial charge in [0.25, 0.3) is 0 Å². The zero-order chi connectivity index (χ0) is 8.27. The monoisotopic (exact) mass is 215 g/mol. The summed E-state index contributed by atoms with van der Waals surface area (Å²) in [6, 6.07) is 1.89. The van der Waals surface area contributed by atoms with Crippen LogP contribution in [0.5, 0.6) is 0 Å². The van der Waals surface area contributed by atoms with E-state index in [0.29, 0.717) is 5.33 Å². The lowest BCUT2D eigenvalue weighted by Crippen LogP contribution is -2.01. The van der Waals surface area contributed by atoms with Crippen molar-refractivity contribution in [2.24, 2.45) is 0 Å². The SMILES string of the molecule is Cc1ccncc1C(O)CBr. The Bertz CT molecular complexity index is 239. The molecule has 0 spiro atoms. The first kappa shape index (κ1) is 8.68. The quantitative estimate of drug-likeness (QED) is 0.765. The Hall–Kier alpha value is -0.410. The summed E-state index contributed by atoms with van der Waals surface area (Å²) in [6.45, 7) is 1.96. The van der Waals surface area contributed by atoms with Crippen LogP contribution in [0.2, 0.25) is 0 Å².